The molecule has 2 N–H and O–H groups in total. The fraction of sp³-hybridized carbons (Fsp3) is 0.478. The van der Waals surface area contributed by atoms with E-state index in [1.54, 1.807) is 24.3 Å². The topological polar surface area (TPSA) is 69.6 Å². The molecule has 0 aliphatic heterocycles. The Morgan fingerprint density at radius 2 is 1.80 bits per heavy atom. The lowest BCUT2D eigenvalue weighted by Gasteiger charge is -2.31. The van der Waals surface area contributed by atoms with Crippen LogP contribution in [0, 0.1) is 5.92 Å². The van der Waals surface area contributed by atoms with Gasteiger partial charge in [-0.15, -0.1) is 0 Å². The van der Waals surface area contributed by atoms with Crippen molar-refractivity contribution < 1.29 is 13.5 Å². The van der Waals surface area contributed by atoms with Crippen LogP contribution in [0.3, 0.4) is 0 Å². The van der Waals surface area contributed by atoms with Crippen molar-refractivity contribution in [2.24, 2.45) is 5.92 Å². The average Bonchev–Trinajstić information content (AvgIpc) is 3.08. The molecule has 164 valence electrons. The standard InChI is InChI=1S/C23H31BrN2O3S/c1-23(2,14-17-11-18-7-4-5-8-19(18)12-17)25-15-21(27)16-26(3)30(28,29)22-10-6-9-20(24)13-22/h4-10,13,17,21,25,27H,11-12,14-16H2,1-3H3/t21-/m1/s1. The van der Waals surface area contributed by atoms with Gasteiger partial charge < -0.3 is 10.4 Å². The second kappa shape index (κ2) is 9.49. The number of nitrogens with zero attached hydrogens (tertiary/aromatic N) is 1. The Kier molecular flexibility index (Phi) is 7.40. The second-order valence-corrected chi connectivity index (χ2v) is 11.9. The van der Waals surface area contributed by atoms with Crippen molar-refractivity contribution in [1.82, 2.24) is 9.62 Å². The van der Waals surface area contributed by atoms with Crippen molar-refractivity contribution in [3.05, 3.63) is 64.1 Å². The maximum Gasteiger partial charge on any atom is 0.242 e. The molecule has 0 heterocycles. The number of aliphatic hydroxyl groups excluding tert-OH is 1. The first-order chi connectivity index (χ1) is 14.1. The molecule has 5 nitrogen and oxygen atoms in total. The van der Waals surface area contributed by atoms with Gasteiger partial charge in [0.15, 0.2) is 0 Å². The number of halogens is 1. The first-order valence-corrected chi connectivity index (χ1v) is 12.5. The Labute approximate surface area is 188 Å². The lowest BCUT2D eigenvalue weighted by atomic mass is 9.88. The molecule has 1 aliphatic carbocycles. The summed E-state index contributed by atoms with van der Waals surface area (Å²) in [5.41, 5.74) is 2.74. The summed E-state index contributed by atoms with van der Waals surface area (Å²) in [6.45, 7) is 4.66. The highest BCUT2D eigenvalue weighted by molar-refractivity contribution is 9.10. The molecule has 3 rings (SSSR count). The zero-order chi connectivity index (χ0) is 21.9. The van der Waals surface area contributed by atoms with Crippen molar-refractivity contribution in [1.29, 1.82) is 0 Å². The Morgan fingerprint density at radius 3 is 2.40 bits per heavy atom. The van der Waals surface area contributed by atoms with Crippen molar-refractivity contribution in [2.75, 3.05) is 20.1 Å². The highest BCUT2D eigenvalue weighted by atomic mass is 79.9. The van der Waals surface area contributed by atoms with Gasteiger partial charge in [-0.05, 0) is 68.4 Å². The Balaban J connectivity index is 1.50. The minimum absolute atomic E-state index is 0.0345. The van der Waals surface area contributed by atoms with Crippen molar-refractivity contribution in [3.8, 4) is 0 Å². The fourth-order valence-electron chi connectivity index (χ4n) is 4.25. The van der Waals surface area contributed by atoms with E-state index in [4.69, 9.17) is 0 Å². The molecule has 0 aromatic heterocycles. The number of rotatable bonds is 9. The van der Waals surface area contributed by atoms with Crippen LogP contribution in [0.4, 0.5) is 0 Å². The highest BCUT2D eigenvalue weighted by Gasteiger charge is 2.29. The van der Waals surface area contributed by atoms with E-state index in [-0.39, 0.29) is 17.0 Å². The molecule has 0 fully saturated rings. The Hall–Kier alpha value is -1.25. The molecule has 0 saturated heterocycles. The Morgan fingerprint density at radius 1 is 1.17 bits per heavy atom. The summed E-state index contributed by atoms with van der Waals surface area (Å²) in [6.07, 6.45) is 2.40. The van der Waals surface area contributed by atoms with Gasteiger partial charge in [0.05, 0.1) is 11.0 Å². The quantitative estimate of drug-likeness (QED) is 0.558. The number of fused-ring (bicyclic) bond motifs is 1. The molecule has 0 spiro atoms. The lowest BCUT2D eigenvalue weighted by Crippen LogP contribution is -2.47. The van der Waals surface area contributed by atoms with E-state index in [9.17, 15) is 13.5 Å². The first kappa shape index (κ1) is 23.4. The number of nitrogens with one attached hydrogen (secondary N) is 1. The third kappa shape index (κ3) is 5.92. The number of aliphatic hydroxyl groups is 1. The van der Waals surface area contributed by atoms with Crippen LogP contribution in [0.25, 0.3) is 0 Å². The zero-order valence-electron chi connectivity index (χ0n) is 17.8. The van der Waals surface area contributed by atoms with Crippen molar-refractivity contribution >= 4 is 26.0 Å². The van der Waals surface area contributed by atoms with Crippen LogP contribution in [-0.4, -0.2) is 49.6 Å². The lowest BCUT2D eigenvalue weighted by molar-refractivity contribution is 0.135. The van der Waals surface area contributed by atoms with Crippen LogP contribution in [0.15, 0.2) is 57.9 Å². The zero-order valence-corrected chi connectivity index (χ0v) is 20.2. The van der Waals surface area contributed by atoms with Gasteiger partial charge in [0.25, 0.3) is 0 Å². The number of sulfonamides is 1. The largest absolute Gasteiger partial charge is 0.390 e. The normalized spacial score (nSPS) is 16.1. The van der Waals surface area contributed by atoms with Gasteiger partial charge in [0, 0.05) is 30.1 Å². The van der Waals surface area contributed by atoms with Crippen LogP contribution in [-0.2, 0) is 22.9 Å². The SMILES string of the molecule is CN(C[C@H](O)CNC(C)(C)CC1Cc2ccccc2C1)S(=O)(=O)c1cccc(Br)c1. The van der Waals surface area contributed by atoms with E-state index >= 15 is 0 Å². The van der Waals surface area contributed by atoms with E-state index in [0.717, 1.165) is 19.3 Å². The molecular weight excluding hydrogens is 464 g/mol. The monoisotopic (exact) mass is 494 g/mol. The summed E-state index contributed by atoms with van der Waals surface area (Å²) in [5.74, 6) is 0.585. The molecule has 0 saturated carbocycles. The number of likely N-dealkylation sites (N-methyl/N-ethyl adjacent to an activating group) is 1. The average molecular weight is 495 g/mol. The number of hydrogen-bond acceptors (Lipinski definition) is 4. The van der Waals surface area contributed by atoms with Crippen LogP contribution in [0.5, 0.6) is 0 Å². The molecule has 30 heavy (non-hydrogen) atoms. The van der Waals surface area contributed by atoms with Gasteiger partial charge >= 0.3 is 0 Å². The van der Waals surface area contributed by atoms with Gasteiger partial charge in [-0.25, -0.2) is 8.42 Å². The van der Waals surface area contributed by atoms with Gasteiger partial charge in [0.1, 0.15) is 0 Å². The van der Waals surface area contributed by atoms with Gasteiger partial charge in [-0.3, -0.25) is 0 Å². The van der Waals surface area contributed by atoms with Crippen LogP contribution >= 0.6 is 15.9 Å². The van der Waals surface area contributed by atoms with Gasteiger partial charge in [0.2, 0.25) is 10.0 Å². The molecular formula is C23H31BrN2O3S. The number of β-amino-alcohol motifs (C(OH)–C–C–N with tert-alkyl or cyclic N) is 1. The third-order valence-electron chi connectivity index (χ3n) is 5.72. The minimum Gasteiger partial charge on any atom is -0.390 e. The number of hydrogen-bond donors (Lipinski definition) is 2. The van der Waals surface area contributed by atoms with Crippen LogP contribution in [0.2, 0.25) is 0 Å². The third-order valence-corrected chi connectivity index (χ3v) is 8.04. The van der Waals surface area contributed by atoms with Gasteiger partial charge in [-0.1, -0.05) is 46.3 Å². The summed E-state index contributed by atoms with van der Waals surface area (Å²) in [7, 11) is -2.14. The first-order valence-electron chi connectivity index (χ1n) is 10.3. The van der Waals surface area contributed by atoms with E-state index in [1.165, 1.54) is 22.5 Å². The summed E-state index contributed by atoms with van der Waals surface area (Å²) < 4.78 is 27.4. The van der Waals surface area contributed by atoms with E-state index in [1.807, 2.05) is 0 Å². The molecule has 0 unspecified atom stereocenters. The predicted octanol–water partition coefficient (Wildman–Crippen LogP) is 3.60. The maximum absolute atomic E-state index is 12.7. The molecule has 0 radical (unpaired) electrons. The molecule has 0 amide bonds. The van der Waals surface area contributed by atoms with Crippen LogP contribution in [0.1, 0.15) is 31.4 Å². The molecule has 2 aromatic carbocycles. The highest BCUT2D eigenvalue weighted by Crippen LogP contribution is 2.31. The molecule has 1 atom stereocenters. The van der Waals surface area contributed by atoms with Crippen LogP contribution < -0.4 is 5.32 Å². The van der Waals surface area contributed by atoms with Gasteiger partial charge in [-0.2, -0.15) is 4.31 Å². The minimum atomic E-state index is -3.64. The summed E-state index contributed by atoms with van der Waals surface area (Å²) in [4.78, 5) is 0.209. The molecule has 0 bridgehead atoms. The molecule has 2 aromatic rings. The summed E-state index contributed by atoms with van der Waals surface area (Å²) in [6, 6.07) is 15.2. The summed E-state index contributed by atoms with van der Waals surface area (Å²) in [5, 5.41) is 13.9. The maximum atomic E-state index is 12.7. The van der Waals surface area contributed by atoms with E-state index in [0.29, 0.717) is 16.9 Å². The van der Waals surface area contributed by atoms with Crippen molar-refractivity contribution in [3.63, 3.8) is 0 Å². The second-order valence-electron chi connectivity index (χ2n) is 8.91. The smallest absolute Gasteiger partial charge is 0.242 e. The number of benzene rings is 2. The van der Waals surface area contributed by atoms with E-state index < -0.39 is 16.1 Å². The van der Waals surface area contributed by atoms with Crippen molar-refractivity contribution in [2.45, 2.75) is 49.6 Å². The predicted molar refractivity (Wildman–Crippen MR) is 124 cm³/mol. The molecule has 7 heteroatoms. The van der Waals surface area contributed by atoms with E-state index in [2.05, 4.69) is 59.4 Å². The molecule has 1 aliphatic rings. The summed E-state index contributed by atoms with van der Waals surface area (Å²) >= 11 is 3.30. The Bertz CT molecular complexity index is 953. The fourth-order valence-corrected chi connectivity index (χ4v) is 6.05.